The Kier molecular flexibility index (Phi) is 3.18. The molecule has 9 nitrogen and oxygen atoms in total. The van der Waals surface area contributed by atoms with E-state index in [1.54, 1.807) is 4.98 Å². The van der Waals surface area contributed by atoms with E-state index in [4.69, 9.17) is 5.11 Å². The monoisotopic (exact) mass is 229 g/mol. The van der Waals surface area contributed by atoms with Crippen LogP contribution >= 0.6 is 0 Å². The first kappa shape index (κ1) is 11.6. The molecule has 0 fully saturated rings. The SMILES string of the molecule is O=C(O)CCn1cc([N+](=O)[O-])c(=O)[nH]c1=O. The summed E-state index contributed by atoms with van der Waals surface area (Å²) in [5, 5.41) is 18.8. The number of carboxylic acid groups (broad SMARTS) is 1. The van der Waals surface area contributed by atoms with Gasteiger partial charge in [0.25, 0.3) is 0 Å². The van der Waals surface area contributed by atoms with Gasteiger partial charge in [-0.15, -0.1) is 0 Å². The molecule has 0 saturated heterocycles. The van der Waals surface area contributed by atoms with Gasteiger partial charge < -0.3 is 5.11 Å². The first-order valence-electron chi connectivity index (χ1n) is 4.11. The van der Waals surface area contributed by atoms with Gasteiger partial charge in [0.1, 0.15) is 0 Å². The van der Waals surface area contributed by atoms with Crippen molar-refractivity contribution in [1.29, 1.82) is 0 Å². The third kappa shape index (κ3) is 2.53. The Labute approximate surface area is 87.1 Å². The zero-order valence-corrected chi connectivity index (χ0v) is 7.87. The molecule has 0 aliphatic carbocycles. The minimum absolute atomic E-state index is 0.244. The molecule has 0 unspecified atom stereocenters. The Bertz CT molecular complexity index is 542. The second-order valence-electron chi connectivity index (χ2n) is 2.87. The van der Waals surface area contributed by atoms with E-state index in [9.17, 15) is 24.5 Å². The van der Waals surface area contributed by atoms with Crippen LogP contribution in [0, 0.1) is 10.1 Å². The number of aryl methyl sites for hydroxylation is 1. The Hall–Kier alpha value is -2.45. The molecule has 0 aromatic carbocycles. The molecule has 0 bridgehead atoms. The van der Waals surface area contributed by atoms with Crippen molar-refractivity contribution >= 4 is 11.7 Å². The molecule has 9 heteroatoms. The number of carboxylic acids is 1. The molecule has 2 N–H and O–H groups in total. The average Bonchev–Trinajstić information content (AvgIpc) is 2.15. The average molecular weight is 229 g/mol. The zero-order valence-electron chi connectivity index (χ0n) is 7.87. The number of aromatic amines is 1. The number of H-pyrrole nitrogens is 1. The molecule has 0 amide bonds. The van der Waals surface area contributed by atoms with Crippen LogP contribution in [0.1, 0.15) is 6.42 Å². The highest BCUT2D eigenvalue weighted by molar-refractivity contribution is 5.66. The quantitative estimate of drug-likeness (QED) is 0.497. The van der Waals surface area contributed by atoms with Crippen LogP contribution in [-0.2, 0) is 11.3 Å². The standard InChI is InChI=1S/C7H7N3O6/c11-5(12)1-2-9-3-4(10(15)16)6(13)8-7(9)14/h3H,1-2H2,(H,11,12)(H,8,13,14). The summed E-state index contributed by atoms with van der Waals surface area (Å²) in [7, 11) is 0. The van der Waals surface area contributed by atoms with E-state index in [-0.39, 0.29) is 13.0 Å². The number of hydrogen-bond donors (Lipinski definition) is 2. The van der Waals surface area contributed by atoms with Crippen LogP contribution in [0.25, 0.3) is 0 Å². The van der Waals surface area contributed by atoms with Crippen molar-refractivity contribution in [2.75, 3.05) is 0 Å². The van der Waals surface area contributed by atoms with Gasteiger partial charge in [-0.25, -0.2) is 4.79 Å². The third-order valence-corrected chi connectivity index (χ3v) is 1.76. The normalized spacial score (nSPS) is 10.0. The van der Waals surface area contributed by atoms with E-state index in [1.807, 2.05) is 0 Å². The molecule has 0 aliphatic rings. The van der Waals surface area contributed by atoms with Gasteiger partial charge in [-0.1, -0.05) is 0 Å². The second kappa shape index (κ2) is 4.38. The number of hydrogen-bond acceptors (Lipinski definition) is 5. The molecule has 1 heterocycles. The van der Waals surface area contributed by atoms with E-state index in [0.717, 1.165) is 10.8 Å². The summed E-state index contributed by atoms with van der Waals surface area (Å²) >= 11 is 0. The van der Waals surface area contributed by atoms with Crippen LogP contribution in [0.15, 0.2) is 15.8 Å². The summed E-state index contributed by atoms with van der Waals surface area (Å²) in [4.78, 5) is 43.5. The van der Waals surface area contributed by atoms with Gasteiger partial charge in [0, 0.05) is 6.54 Å². The summed E-state index contributed by atoms with van der Waals surface area (Å²) in [5.41, 5.74) is -2.79. The van der Waals surface area contributed by atoms with Crippen LogP contribution in [-0.4, -0.2) is 25.6 Å². The van der Waals surface area contributed by atoms with E-state index in [2.05, 4.69) is 0 Å². The third-order valence-electron chi connectivity index (χ3n) is 1.76. The maximum Gasteiger partial charge on any atom is 0.350 e. The minimum atomic E-state index is -1.15. The molecule has 1 aromatic heterocycles. The van der Waals surface area contributed by atoms with Gasteiger partial charge in [0.2, 0.25) is 0 Å². The lowest BCUT2D eigenvalue weighted by molar-refractivity contribution is -0.386. The van der Waals surface area contributed by atoms with E-state index < -0.39 is 27.8 Å². The molecule has 16 heavy (non-hydrogen) atoms. The van der Waals surface area contributed by atoms with Gasteiger partial charge in [-0.3, -0.25) is 29.3 Å². The lowest BCUT2D eigenvalue weighted by Gasteiger charge is -2.01. The first-order valence-corrected chi connectivity index (χ1v) is 4.11. The van der Waals surface area contributed by atoms with Crippen molar-refractivity contribution < 1.29 is 14.8 Å². The maximum atomic E-state index is 11.1. The largest absolute Gasteiger partial charge is 0.481 e. The molecule has 0 atom stereocenters. The van der Waals surface area contributed by atoms with Crippen molar-refractivity contribution in [3.63, 3.8) is 0 Å². The van der Waals surface area contributed by atoms with Gasteiger partial charge in [0.05, 0.1) is 17.5 Å². The summed E-state index contributed by atoms with van der Waals surface area (Å²) < 4.78 is 0.771. The van der Waals surface area contributed by atoms with Crippen molar-refractivity contribution in [1.82, 2.24) is 9.55 Å². The number of aromatic nitrogens is 2. The number of carbonyl (C=O) groups is 1. The molecule has 86 valence electrons. The summed E-state index contributed by atoms with van der Waals surface area (Å²) in [6.45, 7) is -0.244. The number of nitrogens with zero attached hydrogens (tertiary/aromatic N) is 2. The molecule has 1 rings (SSSR count). The molecule has 0 saturated carbocycles. The summed E-state index contributed by atoms with van der Waals surface area (Å²) in [5.74, 6) is -1.15. The summed E-state index contributed by atoms with van der Waals surface area (Å²) in [6, 6.07) is 0. The number of nitrogens with one attached hydrogen (secondary N) is 1. The van der Waals surface area contributed by atoms with Crippen LogP contribution in [0.4, 0.5) is 5.69 Å². The second-order valence-corrected chi connectivity index (χ2v) is 2.87. The molecular weight excluding hydrogens is 222 g/mol. The van der Waals surface area contributed by atoms with Crippen LogP contribution < -0.4 is 11.2 Å². The topological polar surface area (TPSA) is 135 Å². The highest BCUT2D eigenvalue weighted by Crippen LogP contribution is 1.99. The van der Waals surface area contributed by atoms with Crippen LogP contribution in [0.5, 0.6) is 0 Å². The van der Waals surface area contributed by atoms with Crippen molar-refractivity contribution in [2.24, 2.45) is 0 Å². The minimum Gasteiger partial charge on any atom is -0.481 e. The Balaban J connectivity index is 3.15. The van der Waals surface area contributed by atoms with Gasteiger partial charge in [-0.05, 0) is 0 Å². The molecule has 0 radical (unpaired) electrons. The first-order chi connectivity index (χ1) is 7.41. The fourth-order valence-corrected chi connectivity index (χ4v) is 1.01. The smallest absolute Gasteiger partial charge is 0.350 e. The maximum absolute atomic E-state index is 11.1. The molecule has 0 spiro atoms. The Morgan fingerprint density at radius 3 is 2.69 bits per heavy atom. The lowest BCUT2D eigenvalue weighted by atomic mass is 10.4. The highest BCUT2D eigenvalue weighted by atomic mass is 16.6. The van der Waals surface area contributed by atoms with E-state index >= 15 is 0 Å². The fourth-order valence-electron chi connectivity index (χ4n) is 1.01. The van der Waals surface area contributed by atoms with Crippen molar-refractivity contribution in [3.05, 3.63) is 37.1 Å². The Morgan fingerprint density at radius 2 is 2.19 bits per heavy atom. The molecular formula is C7H7N3O6. The van der Waals surface area contributed by atoms with Gasteiger partial charge in [-0.2, -0.15) is 0 Å². The van der Waals surface area contributed by atoms with Gasteiger partial charge in [0.15, 0.2) is 0 Å². The Morgan fingerprint density at radius 1 is 1.56 bits per heavy atom. The number of rotatable bonds is 4. The van der Waals surface area contributed by atoms with Gasteiger partial charge >= 0.3 is 22.9 Å². The number of aliphatic carboxylic acids is 1. The summed E-state index contributed by atoms with van der Waals surface area (Å²) in [6.07, 6.45) is 0.354. The van der Waals surface area contributed by atoms with Crippen molar-refractivity contribution in [3.8, 4) is 0 Å². The predicted molar refractivity (Wildman–Crippen MR) is 50.2 cm³/mol. The lowest BCUT2D eigenvalue weighted by Crippen LogP contribution is -2.31. The van der Waals surface area contributed by atoms with Crippen LogP contribution in [0.2, 0.25) is 0 Å². The van der Waals surface area contributed by atoms with E-state index in [0.29, 0.717) is 0 Å². The molecule has 0 aliphatic heterocycles. The fraction of sp³-hybridized carbons (Fsp3) is 0.286. The number of nitro groups is 1. The predicted octanol–water partition coefficient (Wildman–Crippen LogP) is -1.08. The van der Waals surface area contributed by atoms with Crippen molar-refractivity contribution in [2.45, 2.75) is 13.0 Å². The van der Waals surface area contributed by atoms with E-state index in [1.165, 1.54) is 0 Å². The van der Waals surface area contributed by atoms with Crippen LogP contribution in [0.3, 0.4) is 0 Å². The highest BCUT2D eigenvalue weighted by Gasteiger charge is 2.14. The molecule has 1 aromatic rings. The zero-order chi connectivity index (χ0) is 12.3.